The van der Waals surface area contributed by atoms with Crippen molar-refractivity contribution in [2.45, 2.75) is 37.0 Å². The van der Waals surface area contributed by atoms with Crippen LogP contribution in [0.3, 0.4) is 0 Å². The largest absolute Gasteiger partial charge is 0.387 e. The fourth-order valence-electron chi connectivity index (χ4n) is 2.49. The Morgan fingerprint density at radius 3 is 2.90 bits per heavy atom. The van der Waals surface area contributed by atoms with Crippen LogP contribution < -0.4 is 17.0 Å². The van der Waals surface area contributed by atoms with E-state index in [2.05, 4.69) is 33.0 Å². The first-order valence-electron chi connectivity index (χ1n) is 6.55. The molecule has 0 aromatic carbocycles. The molecule has 0 amide bonds. The highest BCUT2D eigenvalue weighted by atomic mass is 32.1. The summed E-state index contributed by atoms with van der Waals surface area (Å²) in [6.45, 7) is 1.98. The molecule has 6 N–H and O–H groups in total. The molecule has 1 aliphatic rings. The Labute approximate surface area is 126 Å². The van der Waals surface area contributed by atoms with Crippen LogP contribution in [0.25, 0.3) is 11.2 Å². The van der Waals surface area contributed by atoms with Crippen molar-refractivity contribution in [3.05, 3.63) is 6.33 Å². The fourth-order valence-corrected chi connectivity index (χ4v) is 2.91. The van der Waals surface area contributed by atoms with Crippen LogP contribution in [-0.2, 0) is 4.74 Å². The van der Waals surface area contributed by atoms with Gasteiger partial charge in [-0.15, -0.1) is 0 Å². The second-order valence-corrected chi connectivity index (χ2v) is 5.45. The van der Waals surface area contributed by atoms with E-state index in [1.165, 1.54) is 6.33 Å². The summed E-state index contributed by atoms with van der Waals surface area (Å²) in [5, 5.41) is 10.0. The number of nitrogens with zero attached hydrogens (tertiary/aromatic N) is 4. The highest BCUT2D eigenvalue weighted by Crippen LogP contribution is 2.35. The lowest BCUT2D eigenvalue weighted by molar-refractivity contribution is -0.0355. The van der Waals surface area contributed by atoms with E-state index in [9.17, 15) is 5.11 Å². The number of ether oxygens (including phenoxy) is 1. The molecule has 2 aromatic heterocycles. The fraction of sp³-hybridized carbons (Fsp3) is 0.545. The third kappa shape index (κ3) is 2.20. The van der Waals surface area contributed by atoms with Crippen molar-refractivity contribution in [2.24, 2.45) is 5.84 Å². The van der Waals surface area contributed by atoms with Crippen molar-refractivity contribution in [1.29, 1.82) is 0 Å². The van der Waals surface area contributed by atoms with Gasteiger partial charge in [-0.05, 0) is 6.42 Å². The van der Waals surface area contributed by atoms with E-state index in [1.807, 2.05) is 6.92 Å². The SMILES string of the molecule is CC[C@H]1O[C@@H](n2cnc3c(N)nc(NN)nc32)[C@H](O)[C@@H]1S. The molecule has 10 heteroatoms. The summed E-state index contributed by atoms with van der Waals surface area (Å²) >= 11 is 4.41. The molecule has 1 fully saturated rings. The zero-order valence-electron chi connectivity index (χ0n) is 11.3. The number of aliphatic hydroxyl groups excluding tert-OH is 1. The molecule has 0 radical (unpaired) electrons. The minimum Gasteiger partial charge on any atom is -0.387 e. The number of hydrogen-bond acceptors (Lipinski definition) is 9. The molecule has 1 aliphatic heterocycles. The van der Waals surface area contributed by atoms with E-state index < -0.39 is 12.3 Å². The highest BCUT2D eigenvalue weighted by molar-refractivity contribution is 7.81. The third-order valence-corrected chi connectivity index (χ3v) is 4.23. The lowest BCUT2D eigenvalue weighted by Crippen LogP contribution is -2.27. The number of rotatable bonds is 3. The number of nitrogens with one attached hydrogen (secondary N) is 1. The standard InChI is InChI=1S/C11H17N7O2S/c1-2-4-7(21)6(19)10(20-4)18-3-14-5-8(12)15-11(17-13)16-9(5)18/h3-4,6-7,10,19,21H,2,13H2,1H3,(H3,12,15,16,17)/t4-,6-,7-,10-/m1/s1. The van der Waals surface area contributed by atoms with Gasteiger partial charge in [-0.1, -0.05) is 6.92 Å². The van der Waals surface area contributed by atoms with E-state index in [-0.39, 0.29) is 23.1 Å². The summed E-state index contributed by atoms with van der Waals surface area (Å²) in [4.78, 5) is 12.4. The van der Waals surface area contributed by atoms with Crippen LogP contribution in [0.1, 0.15) is 19.6 Å². The molecule has 114 valence electrons. The number of nitrogens with two attached hydrogens (primary N) is 2. The minimum atomic E-state index is -0.777. The van der Waals surface area contributed by atoms with Crippen LogP contribution in [0.2, 0.25) is 0 Å². The van der Waals surface area contributed by atoms with Gasteiger partial charge in [-0.3, -0.25) is 9.99 Å². The van der Waals surface area contributed by atoms with E-state index in [0.717, 1.165) is 6.42 Å². The van der Waals surface area contributed by atoms with E-state index in [1.54, 1.807) is 4.57 Å². The molecular formula is C11H17N7O2S. The number of hydrogen-bond donors (Lipinski definition) is 5. The predicted molar refractivity (Wildman–Crippen MR) is 80.5 cm³/mol. The number of thiol groups is 1. The van der Waals surface area contributed by atoms with Crippen molar-refractivity contribution >= 4 is 35.6 Å². The number of aliphatic hydroxyl groups is 1. The Morgan fingerprint density at radius 2 is 2.29 bits per heavy atom. The molecular weight excluding hydrogens is 294 g/mol. The molecule has 0 aliphatic carbocycles. The molecule has 9 nitrogen and oxygen atoms in total. The molecule has 4 atom stereocenters. The molecule has 3 heterocycles. The first-order chi connectivity index (χ1) is 10.1. The number of anilines is 2. The Kier molecular flexibility index (Phi) is 3.61. The molecule has 1 saturated heterocycles. The molecule has 0 spiro atoms. The second kappa shape index (κ2) is 5.30. The van der Waals surface area contributed by atoms with Crippen LogP contribution in [0.5, 0.6) is 0 Å². The second-order valence-electron chi connectivity index (χ2n) is 4.86. The van der Waals surface area contributed by atoms with Gasteiger partial charge in [-0.2, -0.15) is 22.6 Å². The Bertz CT molecular complexity index is 663. The van der Waals surface area contributed by atoms with Crippen LogP contribution >= 0.6 is 12.6 Å². The zero-order valence-corrected chi connectivity index (χ0v) is 12.2. The van der Waals surface area contributed by atoms with Gasteiger partial charge < -0.3 is 15.6 Å². The number of hydrazine groups is 1. The van der Waals surface area contributed by atoms with Crippen molar-refractivity contribution in [2.75, 3.05) is 11.2 Å². The maximum atomic E-state index is 10.3. The quantitative estimate of drug-likeness (QED) is 0.295. The normalized spacial score (nSPS) is 29.1. The first kappa shape index (κ1) is 14.3. The lowest BCUT2D eigenvalue weighted by atomic mass is 10.1. The molecule has 0 saturated carbocycles. The summed E-state index contributed by atoms with van der Waals surface area (Å²) in [6.07, 6.45) is 0.726. The van der Waals surface area contributed by atoms with Gasteiger partial charge in [0.25, 0.3) is 0 Å². The Balaban J connectivity index is 2.07. The Hall–Kier alpha value is -1.62. The summed E-state index contributed by atoms with van der Waals surface area (Å²) in [7, 11) is 0. The van der Waals surface area contributed by atoms with Gasteiger partial charge in [0.1, 0.15) is 11.6 Å². The lowest BCUT2D eigenvalue weighted by Gasteiger charge is -2.17. The van der Waals surface area contributed by atoms with Crippen LogP contribution in [-0.4, -0.2) is 42.1 Å². The number of fused-ring (bicyclic) bond motifs is 1. The zero-order chi connectivity index (χ0) is 15.1. The molecule has 3 rings (SSSR count). The van der Waals surface area contributed by atoms with Gasteiger partial charge in [0.15, 0.2) is 17.7 Å². The van der Waals surface area contributed by atoms with Crippen LogP contribution in [0.15, 0.2) is 6.33 Å². The van der Waals surface area contributed by atoms with E-state index >= 15 is 0 Å². The van der Waals surface area contributed by atoms with Crippen molar-refractivity contribution in [1.82, 2.24) is 19.5 Å². The summed E-state index contributed by atoms with van der Waals surface area (Å²) < 4.78 is 7.47. The van der Waals surface area contributed by atoms with Gasteiger partial charge in [-0.25, -0.2) is 10.8 Å². The summed E-state index contributed by atoms with van der Waals surface area (Å²) in [5.41, 5.74) is 9.04. The first-order valence-corrected chi connectivity index (χ1v) is 7.06. The van der Waals surface area contributed by atoms with E-state index in [4.69, 9.17) is 16.3 Å². The number of aromatic nitrogens is 4. The number of imidazole rings is 1. The van der Waals surface area contributed by atoms with E-state index in [0.29, 0.717) is 11.2 Å². The van der Waals surface area contributed by atoms with Crippen LogP contribution in [0.4, 0.5) is 11.8 Å². The monoisotopic (exact) mass is 311 g/mol. The smallest absolute Gasteiger partial charge is 0.241 e. The summed E-state index contributed by atoms with van der Waals surface area (Å²) in [5.74, 6) is 5.69. The minimum absolute atomic E-state index is 0.142. The molecule has 21 heavy (non-hydrogen) atoms. The van der Waals surface area contributed by atoms with Crippen molar-refractivity contribution in [3.63, 3.8) is 0 Å². The maximum absolute atomic E-state index is 10.3. The highest BCUT2D eigenvalue weighted by Gasteiger charge is 2.42. The topological polar surface area (TPSA) is 137 Å². The molecule has 0 bridgehead atoms. The van der Waals surface area contributed by atoms with Gasteiger partial charge in [0.2, 0.25) is 5.95 Å². The summed E-state index contributed by atoms with van der Waals surface area (Å²) in [6, 6.07) is 0. The van der Waals surface area contributed by atoms with Gasteiger partial charge >= 0.3 is 0 Å². The van der Waals surface area contributed by atoms with Crippen molar-refractivity contribution < 1.29 is 9.84 Å². The average molecular weight is 311 g/mol. The maximum Gasteiger partial charge on any atom is 0.241 e. The molecule has 2 aromatic rings. The average Bonchev–Trinajstić information content (AvgIpc) is 3.02. The Morgan fingerprint density at radius 1 is 1.52 bits per heavy atom. The van der Waals surface area contributed by atoms with Gasteiger partial charge in [0, 0.05) is 0 Å². The van der Waals surface area contributed by atoms with Crippen molar-refractivity contribution in [3.8, 4) is 0 Å². The number of nitrogen functional groups attached to an aromatic ring is 2. The molecule has 0 unspecified atom stereocenters. The van der Waals surface area contributed by atoms with Crippen LogP contribution in [0, 0.1) is 0 Å². The predicted octanol–water partition coefficient (Wildman–Crippen LogP) is -0.339. The third-order valence-electron chi connectivity index (χ3n) is 3.59. The van der Waals surface area contributed by atoms with Gasteiger partial charge in [0.05, 0.1) is 17.7 Å².